The summed E-state index contributed by atoms with van der Waals surface area (Å²) in [6.45, 7) is 9.21. The van der Waals surface area contributed by atoms with Crippen LogP contribution in [0.15, 0.2) is 54.6 Å². The molecule has 0 aromatic heterocycles. The first-order chi connectivity index (χ1) is 15.2. The van der Waals surface area contributed by atoms with Crippen molar-refractivity contribution in [2.45, 2.75) is 13.0 Å². The van der Waals surface area contributed by atoms with Crippen molar-refractivity contribution in [1.29, 1.82) is 0 Å². The largest absolute Gasteiger partial charge is 0.339 e. The highest BCUT2D eigenvalue weighted by molar-refractivity contribution is 5.85. The summed E-state index contributed by atoms with van der Waals surface area (Å²) < 4.78 is 13.9. The number of rotatable bonds is 7. The molecule has 0 N–H and O–H groups in total. The predicted molar refractivity (Wildman–Crippen MR) is 129 cm³/mol. The maximum atomic E-state index is 13.9. The number of halogens is 2. The van der Waals surface area contributed by atoms with Gasteiger partial charge in [-0.15, -0.1) is 12.4 Å². The number of amides is 1. The molecule has 0 aliphatic carbocycles. The summed E-state index contributed by atoms with van der Waals surface area (Å²) in [6, 6.07) is 17.6. The lowest BCUT2D eigenvalue weighted by atomic mass is 10.1. The van der Waals surface area contributed by atoms with Crippen molar-refractivity contribution in [3.63, 3.8) is 0 Å². The smallest absolute Gasteiger partial charge is 0.236 e. The SMILES string of the molecule is Cl.O=C(CN1CCN(CCc2ccccc2)CC1)N1CCN(Cc2ccccc2F)CC1. The van der Waals surface area contributed by atoms with E-state index < -0.39 is 0 Å². The average Bonchev–Trinajstić information content (AvgIpc) is 2.81. The van der Waals surface area contributed by atoms with Crippen molar-refractivity contribution >= 4 is 18.3 Å². The Morgan fingerprint density at radius 3 is 2.03 bits per heavy atom. The van der Waals surface area contributed by atoms with Crippen LogP contribution in [-0.2, 0) is 17.8 Å². The maximum absolute atomic E-state index is 13.9. The van der Waals surface area contributed by atoms with Crippen LogP contribution in [0.25, 0.3) is 0 Å². The van der Waals surface area contributed by atoms with Crippen molar-refractivity contribution in [2.75, 3.05) is 65.4 Å². The number of carbonyl (C=O) groups excluding carboxylic acids is 1. The molecule has 2 heterocycles. The van der Waals surface area contributed by atoms with Crippen LogP contribution in [0.2, 0.25) is 0 Å². The second-order valence-electron chi connectivity index (χ2n) is 8.60. The van der Waals surface area contributed by atoms with Gasteiger partial charge in [0.05, 0.1) is 6.54 Å². The summed E-state index contributed by atoms with van der Waals surface area (Å²) in [7, 11) is 0. The first-order valence-electron chi connectivity index (χ1n) is 11.4. The van der Waals surface area contributed by atoms with Crippen LogP contribution in [0.1, 0.15) is 11.1 Å². The molecule has 2 fully saturated rings. The van der Waals surface area contributed by atoms with E-state index in [2.05, 4.69) is 45.0 Å². The van der Waals surface area contributed by atoms with Gasteiger partial charge >= 0.3 is 0 Å². The van der Waals surface area contributed by atoms with Gasteiger partial charge in [0.1, 0.15) is 5.82 Å². The summed E-state index contributed by atoms with van der Waals surface area (Å²) in [5.74, 6) is 0.0761. The highest BCUT2D eigenvalue weighted by atomic mass is 35.5. The van der Waals surface area contributed by atoms with E-state index in [0.717, 1.165) is 70.9 Å². The minimum atomic E-state index is -0.149. The van der Waals surface area contributed by atoms with E-state index in [4.69, 9.17) is 0 Å². The van der Waals surface area contributed by atoms with Crippen LogP contribution < -0.4 is 0 Å². The number of nitrogens with zero attached hydrogens (tertiary/aromatic N) is 4. The topological polar surface area (TPSA) is 30.0 Å². The Morgan fingerprint density at radius 2 is 1.34 bits per heavy atom. The van der Waals surface area contributed by atoms with E-state index in [1.165, 1.54) is 11.6 Å². The lowest BCUT2D eigenvalue weighted by Crippen LogP contribution is -2.53. The number of piperazine rings is 2. The molecule has 32 heavy (non-hydrogen) atoms. The monoisotopic (exact) mass is 460 g/mol. The minimum absolute atomic E-state index is 0. The van der Waals surface area contributed by atoms with E-state index in [0.29, 0.717) is 13.1 Å². The second kappa shape index (κ2) is 12.3. The fraction of sp³-hybridized carbons (Fsp3) is 0.480. The fourth-order valence-corrected chi connectivity index (χ4v) is 4.42. The molecule has 2 aliphatic rings. The molecule has 2 saturated heterocycles. The van der Waals surface area contributed by atoms with Crippen molar-refractivity contribution in [3.8, 4) is 0 Å². The van der Waals surface area contributed by atoms with Gasteiger partial charge in [-0.05, 0) is 18.1 Å². The van der Waals surface area contributed by atoms with E-state index in [-0.39, 0.29) is 24.1 Å². The molecule has 2 aromatic rings. The van der Waals surface area contributed by atoms with Gasteiger partial charge in [-0.2, -0.15) is 0 Å². The molecule has 2 aliphatic heterocycles. The van der Waals surface area contributed by atoms with Gasteiger partial charge in [0, 0.05) is 71.0 Å². The molecule has 0 bridgehead atoms. The molecule has 1 amide bonds. The van der Waals surface area contributed by atoms with Crippen LogP contribution >= 0.6 is 12.4 Å². The number of hydrogen-bond donors (Lipinski definition) is 0. The van der Waals surface area contributed by atoms with Gasteiger partial charge in [0.15, 0.2) is 0 Å². The molecule has 5 nitrogen and oxygen atoms in total. The van der Waals surface area contributed by atoms with E-state index in [1.54, 1.807) is 6.07 Å². The van der Waals surface area contributed by atoms with Crippen LogP contribution in [-0.4, -0.2) is 91.0 Å². The van der Waals surface area contributed by atoms with Gasteiger partial charge in [0.25, 0.3) is 0 Å². The molecule has 0 atom stereocenters. The standard InChI is InChI=1S/C25H33FN4O.ClH/c26-24-9-5-4-8-23(24)20-28-16-18-30(19-17-28)25(31)21-29-14-12-27(13-15-29)11-10-22-6-2-1-3-7-22;/h1-9H,10-21H2;1H. The fourth-order valence-electron chi connectivity index (χ4n) is 4.42. The van der Waals surface area contributed by atoms with Gasteiger partial charge in [-0.1, -0.05) is 48.5 Å². The second-order valence-corrected chi connectivity index (χ2v) is 8.60. The molecule has 4 rings (SSSR count). The lowest BCUT2D eigenvalue weighted by Gasteiger charge is -2.38. The third-order valence-corrected chi connectivity index (χ3v) is 6.46. The number of benzene rings is 2. The van der Waals surface area contributed by atoms with Crippen molar-refractivity contribution in [1.82, 2.24) is 19.6 Å². The predicted octanol–water partition coefficient (Wildman–Crippen LogP) is 2.75. The summed E-state index contributed by atoms with van der Waals surface area (Å²) in [5.41, 5.74) is 2.11. The first-order valence-corrected chi connectivity index (χ1v) is 11.4. The Morgan fingerprint density at radius 1 is 0.750 bits per heavy atom. The van der Waals surface area contributed by atoms with Gasteiger partial charge in [-0.25, -0.2) is 4.39 Å². The lowest BCUT2D eigenvalue weighted by molar-refractivity contribution is -0.134. The molecule has 0 unspecified atom stereocenters. The third-order valence-electron chi connectivity index (χ3n) is 6.46. The number of carbonyl (C=O) groups is 1. The summed E-state index contributed by atoms with van der Waals surface area (Å²) >= 11 is 0. The Labute approximate surface area is 197 Å². The van der Waals surface area contributed by atoms with Gasteiger partial charge < -0.3 is 9.80 Å². The van der Waals surface area contributed by atoms with Crippen LogP contribution in [0.5, 0.6) is 0 Å². The molecule has 174 valence electrons. The van der Waals surface area contributed by atoms with Crippen molar-refractivity contribution in [2.24, 2.45) is 0 Å². The molecule has 2 aromatic carbocycles. The quantitative estimate of drug-likeness (QED) is 0.635. The zero-order valence-electron chi connectivity index (χ0n) is 18.7. The maximum Gasteiger partial charge on any atom is 0.236 e. The zero-order chi connectivity index (χ0) is 21.5. The minimum Gasteiger partial charge on any atom is -0.339 e. The van der Waals surface area contributed by atoms with Crippen LogP contribution in [0, 0.1) is 5.82 Å². The summed E-state index contributed by atoms with van der Waals surface area (Å²) in [5, 5.41) is 0. The number of hydrogen-bond acceptors (Lipinski definition) is 4. The van der Waals surface area contributed by atoms with E-state index >= 15 is 0 Å². The zero-order valence-corrected chi connectivity index (χ0v) is 19.5. The van der Waals surface area contributed by atoms with Crippen LogP contribution in [0.4, 0.5) is 4.39 Å². The third kappa shape index (κ3) is 7.01. The highest BCUT2D eigenvalue weighted by Crippen LogP contribution is 2.13. The van der Waals surface area contributed by atoms with Crippen molar-refractivity contribution in [3.05, 3.63) is 71.5 Å². The Bertz CT molecular complexity index is 837. The molecule has 0 saturated carbocycles. The van der Waals surface area contributed by atoms with E-state index in [1.807, 2.05) is 17.0 Å². The highest BCUT2D eigenvalue weighted by Gasteiger charge is 2.25. The van der Waals surface area contributed by atoms with Crippen molar-refractivity contribution < 1.29 is 9.18 Å². The molecule has 0 spiro atoms. The summed E-state index contributed by atoms with van der Waals surface area (Å²) in [6.07, 6.45) is 1.08. The average molecular weight is 461 g/mol. The molecule has 7 heteroatoms. The normalized spacial score (nSPS) is 18.3. The summed E-state index contributed by atoms with van der Waals surface area (Å²) in [4.78, 5) is 21.8. The molecular formula is C25H34ClFN4O. The first kappa shape index (κ1) is 24.6. The van der Waals surface area contributed by atoms with Gasteiger partial charge in [-0.3, -0.25) is 14.6 Å². The Kier molecular flexibility index (Phi) is 9.48. The molecular weight excluding hydrogens is 427 g/mol. The Balaban J connectivity index is 0.00000289. The Hall–Kier alpha value is -1.99. The van der Waals surface area contributed by atoms with Crippen LogP contribution in [0.3, 0.4) is 0 Å². The van der Waals surface area contributed by atoms with Gasteiger partial charge in [0.2, 0.25) is 5.91 Å². The molecule has 0 radical (unpaired) electrons. The van der Waals surface area contributed by atoms with E-state index in [9.17, 15) is 9.18 Å².